The van der Waals surface area contributed by atoms with E-state index in [1.54, 1.807) is 39.8 Å². The number of aryl methyl sites for hydroxylation is 1. The van der Waals surface area contributed by atoms with Crippen LogP contribution < -0.4 is 9.47 Å². The first-order valence-corrected chi connectivity index (χ1v) is 8.44. The monoisotopic (exact) mass is 383 g/mol. The van der Waals surface area contributed by atoms with Gasteiger partial charge in [-0.25, -0.2) is 4.79 Å². The van der Waals surface area contributed by atoms with Crippen LogP contribution in [0.15, 0.2) is 40.5 Å². The molecule has 0 amide bonds. The molecule has 0 unspecified atom stereocenters. The van der Waals surface area contributed by atoms with Crippen molar-refractivity contribution in [2.24, 2.45) is 0 Å². The Morgan fingerprint density at radius 2 is 1.89 bits per heavy atom. The Hall–Kier alpha value is -3.53. The van der Waals surface area contributed by atoms with Crippen molar-refractivity contribution in [2.45, 2.75) is 33.3 Å². The Balaban J connectivity index is 2.28. The number of methoxy groups -OCH3 is 1. The maximum absolute atomic E-state index is 12.5. The van der Waals surface area contributed by atoms with Gasteiger partial charge in [0.15, 0.2) is 11.5 Å². The summed E-state index contributed by atoms with van der Waals surface area (Å²) in [5.41, 5.74) is 0.0942. The number of allylic oxidation sites excluding steroid dienone is 1. The summed E-state index contributed by atoms with van der Waals surface area (Å²) in [6.07, 6.45) is 1.95. The topological polar surface area (TPSA) is 98.8 Å². The van der Waals surface area contributed by atoms with Crippen LogP contribution in [0, 0.1) is 18.3 Å². The van der Waals surface area contributed by atoms with E-state index >= 15 is 0 Å². The molecule has 1 aromatic carbocycles. The van der Waals surface area contributed by atoms with Crippen molar-refractivity contribution >= 4 is 18.0 Å². The second-order valence-corrected chi connectivity index (χ2v) is 6.87. The zero-order valence-electron chi connectivity index (χ0n) is 16.4. The lowest BCUT2D eigenvalue weighted by Gasteiger charge is -2.19. The third-order valence-corrected chi connectivity index (χ3v) is 3.55. The van der Waals surface area contributed by atoms with Gasteiger partial charge in [-0.2, -0.15) is 5.26 Å². The second kappa shape index (κ2) is 8.44. The number of furan rings is 1. The Morgan fingerprint density at radius 1 is 1.18 bits per heavy atom. The van der Waals surface area contributed by atoms with Crippen molar-refractivity contribution in [1.29, 1.82) is 5.26 Å². The minimum absolute atomic E-state index is 0.0626. The minimum atomic E-state index is -0.864. The number of rotatable bonds is 5. The molecule has 7 heteroatoms. The van der Waals surface area contributed by atoms with Crippen LogP contribution >= 0.6 is 0 Å². The number of ketones is 1. The van der Waals surface area contributed by atoms with E-state index in [1.165, 1.54) is 31.6 Å². The van der Waals surface area contributed by atoms with E-state index in [9.17, 15) is 14.9 Å². The SMILES string of the molecule is COc1cc(/C=C(\C#N)C(=O)c2ccoc2C)ccc1OC(=O)OC(C)(C)C. The molecule has 7 nitrogen and oxygen atoms in total. The normalized spacial score (nSPS) is 11.5. The number of benzene rings is 1. The fourth-order valence-corrected chi connectivity index (χ4v) is 2.30. The van der Waals surface area contributed by atoms with Gasteiger partial charge in [-0.1, -0.05) is 6.07 Å². The maximum atomic E-state index is 12.5. The predicted octanol–water partition coefficient (Wildman–Crippen LogP) is 4.70. The van der Waals surface area contributed by atoms with E-state index in [0.29, 0.717) is 16.9 Å². The Bertz CT molecular complexity index is 956. The summed E-state index contributed by atoms with van der Waals surface area (Å²) < 4.78 is 20.6. The van der Waals surface area contributed by atoms with Crippen LogP contribution in [0.5, 0.6) is 11.5 Å². The zero-order chi connectivity index (χ0) is 20.9. The summed E-state index contributed by atoms with van der Waals surface area (Å²) in [7, 11) is 1.41. The predicted molar refractivity (Wildman–Crippen MR) is 101 cm³/mol. The van der Waals surface area contributed by atoms with Gasteiger partial charge in [0.25, 0.3) is 0 Å². The molecule has 0 atom stereocenters. The first-order valence-electron chi connectivity index (χ1n) is 8.44. The Kier molecular flexibility index (Phi) is 6.26. The first-order chi connectivity index (χ1) is 13.1. The molecule has 0 N–H and O–H groups in total. The lowest BCUT2D eigenvalue weighted by atomic mass is 10.0. The summed E-state index contributed by atoms with van der Waals surface area (Å²) in [5, 5.41) is 9.37. The summed E-state index contributed by atoms with van der Waals surface area (Å²) >= 11 is 0. The van der Waals surface area contributed by atoms with Crippen LogP contribution in [0.1, 0.15) is 42.5 Å². The number of nitriles is 1. The van der Waals surface area contributed by atoms with E-state index in [0.717, 1.165) is 0 Å². The van der Waals surface area contributed by atoms with E-state index in [4.69, 9.17) is 18.6 Å². The number of carbonyl (C=O) groups is 2. The first kappa shape index (κ1) is 20.8. The van der Waals surface area contributed by atoms with Crippen LogP contribution in [0.25, 0.3) is 6.08 Å². The molecule has 0 aliphatic heterocycles. The molecule has 0 saturated heterocycles. The summed E-state index contributed by atoms with van der Waals surface area (Å²) in [6, 6.07) is 8.05. The van der Waals surface area contributed by atoms with Crippen molar-refractivity contribution in [1.82, 2.24) is 0 Å². The number of Topliss-reactive ketones (excluding diaryl/α,β-unsaturated/α-hetero) is 1. The lowest BCUT2D eigenvalue weighted by molar-refractivity contribution is 0.0201. The quantitative estimate of drug-likeness (QED) is 0.243. The highest BCUT2D eigenvalue weighted by Crippen LogP contribution is 2.30. The molecule has 0 aliphatic carbocycles. The molecule has 2 rings (SSSR count). The second-order valence-electron chi connectivity index (χ2n) is 6.87. The highest BCUT2D eigenvalue weighted by Gasteiger charge is 2.20. The molecule has 28 heavy (non-hydrogen) atoms. The van der Waals surface area contributed by atoms with Crippen LogP contribution in [-0.4, -0.2) is 24.6 Å². The highest BCUT2D eigenvalue weighted by atomic mass is 16.7. The van der Waals surface area contributed by atoms with Crippen LogP contribution in [0.2, 0.25) is 0 Å². The van der Waals surface area contributed by atoms with E-state index < -0.39 is 17.5 Å². The van der Waals surface area contributed by atoms with Gasteiger partial charge in [-0.05, 0) is 57.5 Å². The standard InChI is InChI=1S/C21H21NO6/c1-13-16(8-9-26-13)19(23)15(12-22)10-14-6-7-17(18(11-14)25-5)27-20(24)28-21(2,3)4/h6-11H,1-5H3/b15-10+. The third-order valence-electron chi connectivity index (χ3n) is 3.55. The van der Waals surface area contributed by atoms with Gasteiger partial charge in [0.1, 0.15) is 23.0 Å². The number of ether oxygens (including phenoxy) is 3. The molecule has 0 spiro atoms. The third kappa shape index (κ3) is 5.24. The fraction of sp³-hybridized carbons (Fsp3) is 0.286. The number of hydrogen-bond acceptors (Lipinski definition) is 7. The van der Waals surface area contributed by atoms with Crippen LogP contribution in [-0.2, 0) is 4.74 Å². The zero-order valence-corrected chi connectivity index (χ0v) is 16.4. The van der Waals surface area contributed by atoms with E-state index in [1.807, 2.05) is 6.07 Å². The smallest absolute Gasteiger partial charge is 0.493 e. The average molecular weight is 383 g/mol. The summed E-state index contributed by atoms with van der Waals surface area (Å²) in [6.45, 7) is 6.82. The highest BCUT2D eigenvalue weighted by molar-refractivity contribution is 6.14. The molecule has 0 bridgehead atoms. The molecule has 0 fully saturated rings. The summed E-state index contributed by atoms with van der Waals surface area (Å²) in [5.74, 6) is 0.403. The van der Waals surface area contributed by atoms with Crippen molar-refractivity contribution in [3.05, 3.63) is 53.0 Å². The lowest BCUT2D eigenvalue weighted by Crippen LogP contribution is -2.26. The van der Waals surface area contributed by atoms with Crippen LogP contribution in [0.4, 0.5) is 4.79 Å². The fourth-order valence-electron chi connectivity index (χ4n) is 2.30. The van der Waals surface area contributed by atoms with Crippen molar-refractivity contribution in [3.8, 4) is 17.6 Å². The number of carbonyl (C=O) groups excluding carboxylic acids is 2. The molecule has 146 valence electrons. The van der Waals surface area contributed by atoms with E-state index in [-0.39, 0.29) is 17.1 Å². The molecule has 2 aromatic rings. The van der Waals surface area contributed by atoms with Gasteiger partial charge in [0.2, 0.25) is 5.78 Å². The molecule has 0 radical (unpaired) electrons. The Labute approximate surface area is 163 Å². The largest absolute Gasteiger partial charge is 0.514 e. The molecule has 1 heterocycles. The number of nitrogens with zero attached hydrogens (tertiary/aromatic N) is 1. The van der Waals surface area contributed by atoms with Gasteiger partial charge in [-0.3, -0.25) is 4.79 Å². The van der Waals surface area contributed by atoms with Crippen LogP contribution in [0.3, 0.4) is 0 Å². The average Bonchev–Trinajstić information content (AvgIpc) is 3.04. The molecule has 1 aromatic heterocycles. The maximum Gasteiger partial charge on any atom is 0.514 e. The van der Waals surface area contributed by atoms with Crippen molar-refractivity contribution < 1.29 is 28.2 Å². The molecular weight excluding hydrogens is 362 g/mol. The number of hydrogen-bond donors (Lipinski definition) is 0. The van der Waals surface area contributed by atoms with Crippen molar-refractivity contribution in [2.75, 3.05) is 7.11 Å². The molecular formula is C21H21NO6. The minimum Gasteiger partial charge on any atom is -0.493 e. The van der Waals surface area contributed by atoms with Gasteiger partial charge < -0.3 is 18.6 Å². The Morgan fingerprint density at radius 3 is 2.43 bits per heavy atom. The van der Waals surface area contributed by atoms with Gasteiger partial charge in [0.05, 0.1) is 18.9 Å². The van der Waals surface area contributed by atoms with Crippen molar-refractivity contribution in [3.63, 3.8) is 0 Å². The van der Waals surface area contributed by atoms with E-state index in [2.05, 4.69) is 0 Å². The van der Waals surface area contributed by atoms with Gasteiger partial charge >= 0.3 is 6.16 Å². The molecule has 0 aliphatic rings. The van der Waals surface area contributed by atoms with Gasteiger partial charge in [-0.15, -0.1) is 0 Å². The summed E-state index contributed by atoms with van der Waals surface area (Å²) in [4.78, 5) is 24.3. The molecule has 0 saturated carbocycles. The van der Waals surface area contributed by atoms with Gasteiger partial charge in [0, 0.05) is 0 Å².